The third-order valence-electron chi connectivity index (χ3n) is 12.6. The van der Waals surface area contributed by atoms with Gasteiger partial charge in [-0.05, 0) is 126 Å². The average Bonchev–Trinajstić information content (AvgIpc) is 3.34. The van der Waals surface area contributed by atoms with E-state index in [9.17, 15) is 0 Å². The molecule has 0 aliphatic carbocycles. The van der Waals surface area contributed by atoms with Crippen LogP contribution in [0.5, 0.6) is 0 Å². The Morgan fingerprint density at radius 3 is 1.31 bits per heavy atom. The van der Waals surface area contributed by atoms with Crippen LogP contribution in [0.15, 0.2) is 237 Å². The summed E-state index contributed by atoms with van der Waals surface area (Å²) < 4.78 is 0. The van der Waals surface area contributed by atoms with Crippen molar-refractivity contribution in [3.63, 3.8) is 0 Å². The van der Waals surface area contributed by atoms with Gasteiger partial charge < -0.3 is 9.71 Å². The lowest BCUT2D eigenvalue weighted by Gasteiger charge is -2.46. The maximum absolute atomic E-state index is 2.62. The molecule has 0 aromatic heterocycles. The molecular weight excluding hydrogens is 735 g/mol. The SMILES string of the molecule is c1ccc(-c2ccc(N3B4c5cc(-c6ccccc6)ccc5N(c5ccc(-c6ccccc6)cc5)c5cc(-c6ccccc6)cc(c54)-c4cc5ccccc5cc43)cc2)cc1. The van der Waals surface area contributed by atoms with Gasteiger partial charge in [-0.3, -0.25) is 0 Å². The molecule has 61 heavy (non-hydrogen) atoms. The standard InChI is InChI=1S/C58H39BN2/c1-5-15-40(16-6-1)44-25-30-50(31-26-44)60-55-34-29-48(42-19-9-3-10-20-42)37-54(55)59-58-53(36-49(39-57(58)60)43-21-11-4-12-22-43)52-35-46-23-13-14-24-47(46)38-56(52)61(59)51-32-27-45(28-33-51)41-17-7-2-8-18-41/h1-39H. The van der Waals surface area contributed by atoms with Crippen LogP contribution in [0.4, 0.5) is 28.4 Å². The Hall–Kier alpha value is -7.88. The monoisotopic (exact) mass is 774 g/mol. The normalized spacial score (nSPS) is 12.5. The minimum Gasteiger partial charge on any atom is -0.376 e. The predicted octanol–water partition coefficient (Wildman–Crippen LogP) is 14.2. The summed E-state index contributed by atoms with van der Waals surface area (Å²) in [5.74, 6) is 0. The van der Waals surface area contributed by atoms with Crippen LogP contribution in [0.2, 0.25) is 0 Å². The van der Waals surface area contributed by atoms with Crippen LogP contribution in [-0.2, 0) is 0 Å². The molecule has 0 saturated heterocycles. The van der Waals surface area contributed by atoms with Crippen LogP contribution in [0.25, 0.3) is 66.4 Å². The number of benzene rings is 10. The van der Waals surface area contributed by atoms with Crippen molar-refractivity contribution in [3.05, 3.63) is 237 Å². The third-order valence-corrected chi connectivity index (χ3v) is 12.6. The lowest BCUT2D eigenvalue weighted by molar-refractivity contribution is 1.27. The van der Waals surface area contributed by atoms with Crippen molar-refractivity contribution in [1.82, 2.24) is 0 Å². The highest BCUT2D eigenvalue weighted by molar-refractivity contribution is 6.93. The summed E-state index contributed by atoms with van der Waals surface area (Å²) in [6, 6.07) is 87.0. The number of rotatable bonds is 6. The molecule has 2 nitrogen and oxygen atoms in total. The molecule has 0 bridgehead atoms. The molecule has 0 unspecified atom stereocenters. The Morgan fingerprint density at radius 2 is 0.738 bits per heavy atom. The van der Waals surface area contributed by atoms with Crippen LogP contribution in [0.3, 0.4) is 0 Å². The Morgan fingerprint density at radius 1 is 0.279 bits per heavy atom. The summed E-state index contributed by atoms with van der Waals surface area (Å²) in [6.45, 7) is -0.121. The van der Waals surface area contributed by atoms with Gasteiger partial charge in [-0.2, -0.15) is 0 Å². The Labute approximate surface area is 357 Å². The molecule has 12 rings (SSSR count). The zero-order valence-electron chi connectivity index (χ0n) is 33.5. The number of fused-ring (bicyclic) bond motifs is 5. The van der Waals surface area contributed by atoms with Crippen molar-refractivity contribution in [2.75, 3.05) is 9.71 Å². The number of nitrogens with zero attached hydrogens (tertiary/aromatic N) is 2. The molecule has 0 fully saturated rings. The van der Waals surface area contributed by atoms with Gasteiger partial charge in [0.15, 0.2) is 0 Å². The molecule has 0 amide bonds. The maximum atomic E-state index is 2.62. The molecule has 0 N–H and O–H groups in total. The van der Waals surface area contributed by atoms with Crippen molar-refractivity contribution in [1.29, 1.82) is 0 Å². The summed E-state index contributed by atoms with van der Waals surface area (Å²) in [5.41, 5.74) is 20.6. The van der Waals surface area contributed by atoms with Gasteiger partial charge in [0.2, 0.25) is 0 Å². The van der Waals surface area contributed by atoms with Crippen molar-refractivity contribution in [2.45, 2.75) is 0 Å². The molecule has 2 heterocycles. The highest BCUT2D eigenvalue weighted by atomic mass is 15.2. The van der Waals surface area contributed by atoms with E-state index in [2.05, 4.69) is 246 Å². The smallest absolute Gasteiger partial charge is 0.333 e. The maximum Gasteiger partial charge on any atom is 0.333 e. The fourth-order valence-electron chi connectivity index (χ4n) is 9.70. The van der Waals surface area contributed by atoms with Crippen LogP contribution < -0.4 is 20.6 Å². The predicted molar refractivity (Wildman–Crippen MR) is 259 cm³/mol. The van der Waals surface area contributed by atoms with Crippen LogP contribution >= 0.6 is 0 Å². The van der Waals surface area contributed by atoms with Gasteiger partial charge >= 0.3 is 6.85 Å². The highest BCUT2D eigenvalue weighted by Crippen LogP contribution is 2.49. The van der Waals surface area contributed by atoms with Gasteiger partial charge in [-0.15, -0.1) is 0 Å². The first-order valence-electron chi connectivity index (χ1n) is 21.1. The van der Waals surface area contributed by atoms with Crippen molar-refractivity contribution in [2.24, 2.45) is 0 Å². The zero-order valence-corrected chi connectivity index (χ0v) is 33.5. The van der Waals surface area contributed by atoms with E-state index in [1.165, 1.54) is 94.4 Å². The number of hydrogen-bond acceptors (Lipinski definition) is 2. The van der Waals surface area contributed by atoms with E-state index < -0.39 is 0 Å². The van der Waals surface area contributed by atoms with E-state index in [1.807, 2.05) is 0 Å². The Kier molecular flexibility index (Phi) is 8.31. The average molecular weight is 775 g/mol. The molecule has 10 aromatic carbocycles. The zero-order chi connectivity index (χ0) is 40.3. The van der Waals surface area contributed by atoms with Gasteiger partial charge in [0, 0.05) is 34.0 Å². The van der Waals surface area contributed by atoms with Gasteiger partial charge in [-0.1, -0.05) is 182 Å². The minimum atomic E-state index is -0.121. The first-order valence-corrected chi connectivity index (χ1v) is 21.1. The lowest BCUT2D eigenvalue weighted by Crippen LogP contribution is -2.61. The summed E-state index contributed by atoms with van der Waals surface area (Å²) >= 11 is 0. The van der Waals surface area contributed by atoms with E-state index in [0.717, 1.165) is 11.4 Å². The summed E-state index contributed by atoms with van der Waals surface area (Å²) in [7, 11) is 0. The fraction of sp³-hybridized carbons (Fsp3) is 0. The van der Waals surface area contributed by atoms with E-state index in [4.69, 9.17) is 0 Å². The first kappa shape index (κ1) is 35.1. The molecule has 3 heteroatoms. The number of hydrogen-bond donors (Lipinski definition) is 0. The molecule has 284 valence electrons. The highest BCUT2D eigenvalue weighted by Gasteiger charge is 2.45. The fourth-order valence-corrected chi connectivity index (χ4v) is 9.70. The van der Waals surface area contributed by atoms with E-state index in [1.54, 1.807) is 0 Å². The van der Waals surface area contributed by atoms with E-state index in [-0.39, 0.29) is 6.85 Å². The molecule has 2 aliphatic rings. The van der Waals surface area contributed by atoms with Crippen LogP contribution in [-0.4, -0.2) is 6.85 Å². The first-order chi connectivity index (χ1) is 30.2. The summed E-state index contributed by atoms with van der Waals surface area (Å²) in [5, 5.41) is 2.46. The van der Waals surface area contributed by atoms with Crippen molar-refractivity contribution in [3.8, 4) is 55.6 Å². The lowest BCUT2D eigenvalue weighted by atomic mass is 9.43. The number of anilines is 5. The molecule has 10 aromatic rings. The largest absolute Gasteiger partial charge is 0.376 e. The van der Waals surface area contributed by atoms with Crippen LogP contribution in [0, 0.1) is 0 Å². The van der Waals surface area contributed by atoms with E-state index >= 15 is 0 Å². The summed E-state index contributed by atoms with van der Waals surface area (Å²) in [4.78, 5) is 5.14. The van der Waals surface area contributed by atoms with Gasteiger partial charge in [0.25, 0.3) is 0 Å². The van der Waals surface area contributed by atoms with Gasteiger partial charge in [0.05, 0.1) is 0 Å². The van der Waals surface area contributed by atoms with E-state index in [0.29, 0.717) is 0 Å². The summed E-state index contributed by atoms with van der Waals surface area (Å²) in [6.07, 6.45) is 0. The molecule has 0 saturated carbocycles. The molecule has 0 radical (unpaired) electrons. The molecule has 0 atom stereocenters. The molecule has 2 aliphatic heterocycles. The van der Waals surface area contributed by atoms with Crippen molar-refractivity contribution < 1.29 is 0 Å². The third kappa shape index (κ3) is 5.97. The Bertz CT molecular complexity index is 3220. The molecule has 0 spiro atoms. The van der Waals surface area contributed by atoms with Crippen molar-refractivity contribution >= 4 is 57.0 Å². The topological polar surface area (TPSA) is 6.48 Å². The van der Waals surface area contributed by atoms with Crippen LogP contribution in [0.1, 0.15) is 0 Å². The minimum absolute atomic E-state index is 0.121. The second kappa shape index (κ2) is 14.4. The second-order valence-electron chi connectivity index (χ2n) is 16.1. The second-order valence-corrected chi connectivity index (χ2v) is 16.1. The quantitative estimate of drug-likeness (QED) is 0.155. The van der Waals surface area contributed by atoms with Gasteiger partial charge in [0.1, 0.15) is 0 Å². The molecular formula is C58H39BN2. The van der Waals surface area contributed by atoms with Gasteiger partial charge in [-0.25, -0.2) is 0 Å². The Balaban J connectivity index is 1.16.